The summed E-state index contributed by atoms with van der Waals surface area (Å²) >= 11 is 0. The van der Waals surface area contributed by atoms with E-state index in [1.165, 1.54) is 51.4 Å². The summed E-state index contributed by atoms with van der Waals surface area (Å²) in [4.78, 5) is 13.5. The summed E-state index contributed by atoms with van der Waals surface area (Å²) in [6, 6.07) is 31.3. The molecule has 1 aliphatic heterocycles. The van der Waals surface area contributed by atoms with E-state index in [4.69, 9.17) is 14.2 Å². The molecule has 0 N–H and O–H groups in total. The monoisotopic (exact) mass is 574 g/mol. The van der Waals surface area contributed by atoms with E-state index in [2.05, 4.69) is 72.8 Å². The van der Waals surface area contributed by atoms with Crippen LogP contribution in [-0.4, -0.2) is 37.4 Å². The summed E-state index contributed by atoms with van der Waals surface area (Å²) in [5.41, 5.74) is 0. The average Bonchev–Trinajstić information content (AvgIpc) is 3.54. The third-order valence-electron chi connectivity index (χ3n) is 7.85. The Labute approximate surface area is 247 Å². The second-order valence-corrected chi connectivity index (χ2v) is 14.3. The molecule has 0 radical (unpaired) electrons. The number of benzene rings is 3. The predicted octanol–water partition coefficient (Wildman–Crippen LogP) is 7.38. The van der Waals surface area contributed by atoms with Crippen molar-refractivity contribution in [3.63, 3.8) is 0 Å². The van der Waals surface area contributed by atoms with Crippen LogP contribution in [0.25, 0.3) is 0 Å². The van der Waals surface area contributed by atoms with E-state index in [-0.39, 0.29) is 18.4 Å². The lowest BCUT2D eigenvalue weighted by molar-refractivity contribution is -0.139. The Morgan fingerprint density at radius 2 is 1.12 bits per heavy atom. The van der Waals surface area contributed by atoms with E-state index in [1.54, 1.807) is 0 Å². The van der Waals surface area contributed by atoms with Crippen LogP contribution in [-0.2, 0) is 19.0 Å². The van der Waals surface area contributed by atoms with Gasteiger partial charge in [-0.25, -0.2) is 4.79 Å². The largest absolute Gasteiger partial charge is 0.459 e. The van der Waals surface area contributed by atoms with Gasteiger partial charge in [0.2, 0.25) is 0 Å². The zero-order valence-corrected chi connectivity index (χ0v) is 25.6. The van der Waals surface area contributed by atoms with Crippen molar-refractivity contribution in [2.24, 2.45) is 0 Å². The van der Waals surface area contributed by atoms with E-state index in [9.17, 15) is 4.79 Å². The van der Waals surface area contributed by atoms with Crippen molar-refractivity contribution in [2.45, 2.75) is 89.9 Å². The molecule has 0 spiro atoms. The first-order chi connectivity index (χ1) is 20.2. The van der Waals surface area contributed by atoms with E-state index < -0.39 is 6.89 Å². The molecule has 4 nitrogen and oxygen atoms in total. The van der Waals surface area contributed by atoms with Gasteiger partial charge in [0, 0.05) is 5.80 Å². The zero-order chi connectivity index (χ0) is 28.6. The molecule has 1 heterocycles. The van der Waals surface area contributed by atoms with E-state index >= 15 is 0 Å². The van der Waals surface area contributed by atoms with Gasteiger partial charge in [0.25, 0.3) is 0 Å². The fourth-order valence-electron chi connectivity index (χ4n) is 5.66. The second kappa shape index (κ2) is 17.3. The molecule has 1 fully saturated rings. The van der Waals surface area contributed by atoms with Crippen LogP contribution in [0.2, 0.25) is 0 Å². The topological polar surface area (TPSA) is 44.8 Å². The normalized spacial score (nSPS) is 14.6. The number of unbranched alkanes of at least 4 members (excludes halogenated alkanes) is 8. The standard InChI is InChI=1S/C36H47O4P/c1-31(20-12-7-5-3-2-4-6-8-19-27-36-38-28-29-39-36)40-35(37)30-41(32-21-13-9-14-22-32,33-23-15-10-16-24-33)34-25-17-11-18-26-34/h9-11,13-18,21-26,30-31,36H,2-8,12,19-20,27-29H2,1H3/t31-/m1/s1. The van der Waals surface area contributed by atoms with E-state index in [0.717, 1.165) is 48.4 Å². The van der Waals surface area contributed by atoms with Gasteiger partial charge in [-0.15, -0.1) is 0 Å². The van der Waals surface area contributed by atoms with Crippen molar-refractivity contribution in [1.82, 2.24) is 0 Å². The van der Waals surface area contributed by atoms with Gasteiger partial charge < -0.3 is 14.2 Å². The van der Waals surface area contributed by atoms with Crippen LogP contribution in [0.3, 0.4) is 0 Å². The Hall–Kier alpha value is -2.65. The molecule has 0 amide bonds. The molecule has 41 heavy (non-hydrogen) atoms. The molecule has 1 atom stereocenters. The Bertz CT molecular complexity index is 1090. The lowest BCUT2D eigenvalue weighted by Crippen LogP contribution is -2.29. The fourth-order valence-corrected chi connectivity index (χ4v) is 9.31. The summed E-state index contributed by atoms with van der Waals surface area (Å²) in [5, 5.41) is 3.46. The quantitative estimate of drug-likeness (QED) is 0.0959. The van der Waals surface area contributed by atoms with Crippen molar-refractivity contribution < 1.29 is 19.0 Å². The lowest BCUT2D eigenvalue weighted by atomic mass is 10.0. The van der Waals surface area contributed by atoms with Crippen molar-refractivity contribution in [2.75, 3.05) is 13.2 Å². The Kier molecular flexibility index (Phi) is 13.2. The molecule has 220 valence electrons. The first-order valence-corrected chi connectivity index (χ1v) is 17.4. The minimum absolute atomic E-state index is 0.0512. The summed E-state index contributed by atoms with van der Waals surface area (Å²) in [7, 11) is 0. The van der Waals surface area contributed by atoms with Gasteiger partial charge >= 0.3 is 5.97 Å². The van der Waals surface area contributed by atoms with Gasteiger partial charge in [-0.1, -0.05) is 136 Å². The first-order valence-electron chi connectivity index (χ1n) is 15.5. The van der Waals surface area contributed by atoms with Crippen molar-refractivity contribution in [1.29, 1.82) is 0 Å². The van der Waals surface area contributed by atoms with Crippen LogP contribution in [0, 0.1) is 0 Å². The Balaban J connectivity index is 1.25. The van der Waals surface area contributed by atoms with Gasteiger partial charge in [0.15, 0.2) is 6.29 Å². The van der Waals surface area contributed by atoms with Crippen LogP contribution in [0.4, 0.5) is 0 Å². The minimum Gasteiger partial charge on any atom is -0.459 e. The third-order valence-corrected chi connectivity index (χ3v) is 11.8. The number of hydrogen-bond donors (Lipinski definition) is 0. The smallest absolute Gasteiger partial charge is 0.332 e. The van der Waals surface area contributed by atoms with Crippen molar-refractivity contribution >= 4 is 34.6 Å². The maximum atomic E-state index is 13.5. The molecular weight excluding hydrogens is 527 g/mol. The second-order valence-electron chi connectivity index (χ2n) is 11.0. The van der Waals surface area contributed by atoms with Gasteiger partial charge in [0.05, 0.1) is 19.3 Å². The molecule has 0 aromatic heterocycles. The van der Waals surface area contributed by atoms with Crippen LogP contribution < -0.4 is 15.9 Å². The van der Waals surface area contributed by atoms with Crippen LogP contribution in [0.15, 0.2) is 91.0 Å². The summed E-state index contributed by atoms with van der Waals surface area (Å²) in [6.07, 6.45) is 13.1. The number of carbonyl (C=O) groups is 1. The van der Waals surface area contributed by atoms with Gasteiger partial charge in [-0.2, -0.15) is 0 Å². The first kappa shape index (κ1) is 31.3. The van der Waals surface area contributed by atoms with E-state index in [1.807, 2.05) is 30.9 Å². The highest BCUT2D eigenvalue weighted by Crippen LogP contribution is 2.43. The molecule has 4 rings (SSSR count). The molecule has 0 unspecified atom stereocenters. The molecule has 0 saturated carbocycles. The molecule has 3 aromatic carbocycles. The molecule has 5 heteroatoms. The SMILES string of the molecule is C[C@H](CCCCCCCCCCCC1OCCO1)OC(=O)C=P(c1ccccc1)(c1ccccc1)c1ccccc1. The highest BCUT2D eigenvalue weighted by molar-refractivity contribution is 7.95. The Morgan fingerprint density at radius 3 is 1.59 bits per heavy atom. The Morgan fingerprint density at radius 1 is 0.707 bits per heavy atom. The molecule has 0 aliphatic carbocycles. The van der Waals surface area contributed by atoms with Crippen molar-refractivity contribution in [3.05, 3.63) is 91.0 Å². The maximum Gasteiger partial charge on any atom is 0.332 e. The maximum absolute atomic E-state index is 13.5. The minimum atomic E-state index is -2.34. The highest BCUT2D eigenvalue weighted by Gasteiger charge is 2.27. The fraction of sp³-hybridized carbons (Fsp3) is 0.444. The molecular formula is C36H47O4P. The van der Waals surface area contributed by atoms with E-state index in [0.29, 0.717) is 0 Å². The third kappa shape index (κ3) is 9.70. The zero-order valence-electron chi connectivity index (χ0n) is 24.7. The molecule has 1 aliphatic rings. The van der Waals surface area contributed by atoms with Gasteiger partial charge in [-0.05, 0) is 55.4 Å². The average molecular weight is 575 g/mol. The lowest BCUT2D eigenvalue weighted by Gasteiger charge is -2.28. The van der Waals surface area contributed by atoms with Crippen molar-refractivity contribution in [3.8, 4) is 0 Å². The summed E-state index contributed by atoms with van der Waals surface area (Å²) in [5.74, 6) is 1.66. The molecule has 1 saturated heterocycles. The number of esters is 1. The number of hydrogen-bond acceptors (Lipinski definition) is 4. The molecule has 0 bridgehead atoms. The van der Waals surface area contributed by atoms with Crippen LogP contribution in [0.5, 0.6) is 0 Å². The van der Waals surface area contributed by atoms with Gasteiger partial charge in [-0.3, -0.25) is 0 Å². The number of ether oxygens (including phenoxy) is 3. The summed E-state index contributed by atoms with van der Waals surface area (Å²) in [6.45, 7) is 1.20. The number of carbonyl (C=O) groups excluding carboxylic acids is 1. The van der Waals surface area contributed by atoms with Crippen LogP contribution >= 0.6 is 6.89 Å². The van der Waals surface area contributed by atoms with Gasteiger partial charge in [0.1, 0.15) is 0 Å². The summed E-state index contributed by atoms with van der Waals surface area (Å²) < 4.78 is 17.0. The highest BCUT2D eigenvalue weighted by atomic mass is 31.2. The number of rotatable bonds is 17. The van der Waals surface area contributed by atoms with Crippen LogP contribution in [0.1, 0.15) is 77.6 Å². The predicted molar refractivity (Wildman–Crippen MR) is 173 cm³/mol. The molecule has 3 aromatic rings.